The number of carbonyl (C=O) groups is 2. The highest BCUT2D eigenvalue weighted by Gasteiger charge is 2.55. The molecule has 2 saturated carbocycles. The van der Waals surface area contributed by atoms with E-state index >= 15 is 0 Å². The predicted molar refractivity (Wildman–Crippen MR) is 68.1 cm³/mol. The summed E-state index contributed by atoms with van der Waals surface area (Å²) >= 11 is 0. The Morgan fingerprint density at radius 3 is 2.22 bits per heavy atom. The van der Waals surface area contributed by atoms with Crippen LogP contribution in [0.1, 0.15) is 52.9 Å². The van der Waals surface area contributed by atoms with E-state index in [0.29, 0.717) is 12.3 Å². The average molecular weight is 253 g/mol. The highest BCUT2D eigenvalue weighted by Crippen LogP contribution is 2.45. The molecule has 0 aliphatic heterocycles. The molecule has 1 amide bonds. The van der Waals surface area contributed by atoms with E-state index in [4.69, 9.17) is 0 Å². The van der Waals surface area contributed by atoms with Gasteiger partial charge in [-0.2, -0.15) is 0 Å². The first kappa shape index (κ1) is 13.4. The van der Waals surface area contributed by atoms with Crippen molar-refractivity contribution in [2.45, 2.75) is 64.5 Å². The van der Waals surface area contributed by atoms with E-state index in [0.717, 1.165) is 25.7 Å². The molecule has 0 aromatic carbocycles. The average Bonchev–Trinajstić information content (AvgIpc) is 3.05. The normalized spacial score (nSPS) is 36.2. The first-order valence-electron chi connectivity index (χ1n) is 6.93. The molecule has 2 fully saturated rings. The van der Waals surface area contributed by atoms with Gasteiger partial charge in [-0.3, -0.25) is 4.79 Å². The van der Waals surface area contributed by atoms with Gasteiger partial charge in [-0.15, -0.1) is 0 Å². The summed E-state index contributed by atoms with van der Waals surface area (Å²) in [6.45, 7) is 5.66. The van der Waals surface area contributed by atoms with Crippen LogP contribution in [0, 0.1) is 11.8 Å². The molecule has 0 aromatic heterocycles. The molecule has 0 aromatic rings. The van der Waals surface area contributed by atoms with Crippen LogP contribution in [-0.2, 0) is 9.59 Å². The first-order chi connectivity index (χ1) is 8.39. The van der Waals surface area contributed by atoms with Crippen molar-refractivity contribution < 1.29 is 14.7 Å². The first-order valence-corrected chi connectivity index (χ1v) is 6.93. The fourth-order valence-corrected chi connectivity index (χ4v) is 3.60. The number of carboxylic acids is 1. The molecule has 0 heterocycles. The van der Waals surface area contributed by atoms with E-state index in [9.17, 15) is 14.7 Å². The molecule has 2 rings (SSSR count). The van der Waals surface area contributed by atoms with E-state index in [1.807, 2.05) is 6.92 Å². The van der Waals surface area contributed by atoms with Crippen LogP contribution in [-0.4, -0.2) is 33.5 Å². The number of amides is 1. The van der Waals surface area contributed by atoms with Gasteiger partial charge in [0.2, 0.25) is 5.91 Å². The van der Waals surface area contributed by atoms with Crippen molar-refractivity contribution in [2.75, 3.05) is 0 Å². The Balaban J connectivity index is 2.36. The van der Waals surface area contributed by atoms with E-state index in [-0.39, 0.29) is 17.9 Å². The molecule has 0 radical (unpaired) electrons. The zero-order chi connectivity index (χ0) is 13.5. The highest BCUT2D eigenvalue weighted by molar-refractivity contribution is 5.87. The maximum atomic E-state index is 11.9. The summed E-state index contributed by atoms with van der Waals surface area (Å²) in [5.41, 5.74) is -0.959. The molecule has 4 nitrogen and oxygen atoms in total. The molecule has 1 N–H and O–H groups in total. The number of aliphatic carboxylic acids is 1. The molecule has 4 heteroatoms. The van der Waals surface area contributed by atoms with Gasteiger partial charge in [0, 0.05) is 13.0 Å². The van der Waals surface area contributed by atoms with Crippen LogP contribution >= 0.6 is 0 Å². The molecule has 2 aliphatic carbocycles. The standard InChI is InChI=1S/C14H23NO3/c1-9-6-7-14(13(17)18,10(2)8-9)15(11(3)16)12-4-5-12/h9-10,12H,4-8H2,1-3H3,(H,17,18). The van der Waals surface area contributed by atoms with Crippen molar-refractivity contribution in [1.29, 1.82) is 0 Å². The van der Waals surface area contributed by atoms with Gasteiger partial charge in [0.15, 0.2) is 0 Å². The number of carboxylic acid groups (broad SMARTS) is 1. The Morgan fingerprint density at radius 2 is 1.83 bits per heavy atom. The van der Waals surface area contributed by atoms with Crippen LogP contribution in [0.15, 0.2) is 0 Å². The number of hydrogen-bond donors (Lipinski definition) is 1. The minimum absolute atomic E-state index is 0.0308. The topological polar surface area (TPSA) is 57.6 Å². The van der Waals surface area contributed by atoms with Crippen molar-refractivity contribution >= 4 is 11.9 Å². The Bertz CT molecular complexity index is 364. The van der Waals surface area contributed by atoms with E-state index in [1.165, 1.54) is 6.92 Å². The molecular formula is C14H23NO3. The lowest BCUT2D eigenvalue weighted by molar-refractivity contribution is -0.167. The summed E-state index contributed by atoms with van der Waals surface area (Å²) in [6.07, 6.45) is 4.30. The maximum Gasteiger partial charge on any atom is 0.329 e. The Kier molecular flexibility index (Phi) is 3.39. The molecule has 18 heavy (non-hydrogen) atoms. The summed E-state index contributed by atoms with van der Waals surface area (Å²) < 4.78 is 0. The number of hydrogen-bond acceptors (Lipinski definition) is 2. The Hall–Kier alpha value is -1.06. The van der Waals surface area contributed by atoms with E-state index < -0.39 is 11.5 Å². The Morgan fingerprint density at radius 1 is 1.22 bits per heavy atom. The van der Waals surface area contributed by atoms with Gasteiger partial charge in [-0.25, -0.2) is 4.79 Å². The molecule has 0 bridgehead atoms. The minimum Gasteiger partial charge on any atom is -0.479 e. The van der Waals surface area contributed by atoms with E-state index in [1.54, 1.807) is 4.90 Å². The molecule has 0 saturated heterocycles. The van der Waals surface area contributed by atoms with Gasteiger partial charge in [0.05, 0.1) is 0 Å². The van der Waals surface area contributed by atoms with Gasteiger partial charge in [-0.1, -0.05) is 13.8 Å². The third-order valence-corrected chi connectivity index (χ3v) is 4.64. The molecule has 2 aliphatic rings. The van der Waals surface area contributed by atoms with Crippen LogP contribution < -0.4 is 0 Å². The highest BCUT2D eigenvalue weighted by atomic mass is 16.4. The van der Waals surface area contributed by atoms with Gasteiger partial charge < -0.3 is 10.0 Å². The van der Waals surface area contributed by atoms with Crippen LogP contribution in [0.3, 0.4) is 0 Å². The van der Waals surface area contributed by atoms with Crippen molar-refractivity contribution in [3.05, 3.63) is 0 Å². The molecule has 3 atom stereocenters. The molecule has 3 unspecified atom stereocenters. The third-order valence-electron chi connectivity index (χ3n) is 4.64. The Labute approximate surface area is 108 Å². The lowest BCUT2D eigenvalue weighted by atomic mass is 9.68. The lowest BCUT2D eigenvalue weighted by Gasteiger charge is -2.48. The monoisotopic (exact) mass is 253 g/mol. The van der Waals surface area contributed by atoms with Crippen molar-refractivity contribution in [2.24, 2.45) is 11.8 Å². The zero-order valence-corrected chi connectivity index (χ0v) is 11.5. The lowest BCUT2D eigenvalue weighted by Crippen LogP contribution is -2.63. The predicted octanol–water partition coefficient (Wildman–Crippen LogP) is 2.28. The van der Waals surface area contributed by atoms with Crippen LogP contribution in [0.5, 0.6) is 0 Å². The summed E-state index contributed by atoms with van der Waals surface area (Å²) in [6, 6.07) is 0.162. The number of carbonyl (C=O) groups excluding carboxylic acids is 1. The maximum absolute atomic E-state index is 11.9. The third kappa shape index (κ3) is 2.02. The summed E-state index contributed by atoms with van der Waals surface area (Å²) in [5.74, 6) is -0.311. The van der Waals surface area contributed by atoms with Crippen LogP contribution in [0.4, 0.5) is 0 Å². The smallest absolute Gasteiger partial charge is 0.329 e. The SMILES string of the molecule is CC(=O)N(C1CC1)C1(C(=O)O)CCC(C)CC1C. The van der Waals surface area contributed by atoms with Crippen molar-refractivity contribution in [1.82, 2.24) is 4.90 Å². The van der Waals surface area contributed by atoms with E-state index in [2.05, 4.69) is 6.92 Å². The quantitative estimate of drug-likeness (QED) is 0.839. The fourth-order valence-electron chi connectivity index (χ4n) is 3.60. The minimum atomic E-state index is -0.959. The van der Waals surface area contributed by atoms with Gasteiger partial charge in [-0.05, 0) is 43.9 Å². The summed E-state index contributed by atoms with van der Waals surface area (Å²) in [4.78, 5) is 25.5. The van der Waals surface area contributed by atoms with Crippen LogP contribution in [0.2, 0.25) is 0 Å². The van der Waals surface area contributed by atoms with Crippen molar-refractivity contribution in [3.63, 3.8) is 0 Å². The second-order valence-corrected chi connectivity index (χ2v) is 6.13. The molecular weight excluding hydrogens is 230 g/mol. The largest absolute Gasteiger partial charge is 0.479 e. The van der Waals surface area contributed by atoms with Gasteiger partial charge >= 0.3 is 5.97 Å². The molecule has 102 valence electrons. The van der Waals surface area contributed by atoms with Gasteiger partial charge in [0.25, 0.3) is 0 Å². The van der Waals surface area contributed by atoms with Gasteiger partial charge in [0.1, 0.15) is 5.54 Å². The number of rotatable bonds is 3. The summed E-state index contributed by atoms with van der Waals surface area (Å²) in [5, 5.41) is 9.75. The zero-order valence-electron chi connectivity index (χ0n) is 11.5. The van der Waals surface area contributed by atoms with Crippen molar-refractivity contribution in [3.8, 4) is 0 Å². The second-order valence-electron chi connectivity index (χ2n) is 6.13. The fraction of sp³-hybridized carbons (Fsp3) is 0.857. The second kappa shape index (κ2) is 4.56. The van der Waals surface area contributed by atoms with Crippen LogP contribution in [0.25, 0.3) is 0 Å². The molecule has 0 spiro atoms. The summed E-state index contributed by atoms with van der Waals surface area (Å²) in [7, 11) is 0. The number of nitrogens with zero attached hydrogens (tertiary/aromatic N) is 1.